The lowest BCUT2D eigenvalue weighted by atomic mass is 10.1. The Labute approximate surface area is 271 Å². The van der Waals surface area contributed by atoms with E-state index >= 15 is 0 Å². The maximum Gasteiger partial charge on any atom is 0.264 e. The largest absolute Gasteiger partial charge is 0.497 e. The molecule has 4 aromatic carbocycles. The van der Waals surface area contributed by atoms with Gasteiger partial charge in [0, 0.05) is 13.1 Å². The Balaban J connectivity index is 1.69. The molecule has 0 saturated heterocycles. The quantitative estimate of drug-likeness (QED) is 0.152. The highest BCUT2D eigenvalue weighted by molar-refractivity contribution is 7.92. The average Bonchev–Trinajstić information content (AvgIpc) is 3.07. The number of nitrogens with one attached hydrogen (secondary N) is 1. The van der Waals surface area contributed by atoms with E-state index in [1.807, 2.05) is 50.2 Å². The molecule has 4 rings (SSSR count). The Morgan fingerprint density at radius 3 is 2.15 bits per heavy atom. The molecular weight excluding hydrogens is 602 g/mol. The predicted octanol–water partition coefficient (Wildman–Crippen LogP) is 6.32. The van der Waals surface area contributed by atoms with Crippen molar-refractivity contribution in [3.63, 3.8) is 0 Å². The fourth-order valence-corrected chi connectivity index (χ4v) is 6.17. The van der Waals surface area contributed by atoms with E-state index in [0.29, 0.717) is 23.8 Å². The Hall–Kier alpha value is -4.83. The monoisotopic (exact) mass is 643 g/mol. The van der Waals surface area contributed by atoms with Crippen LogP contribution in [0.1, 0.15) is 37.8 Å². The summed E-state index contributed by atoms with van der Waals surface area (Å²) < 4.78 is 40.6. The van der Waals surface area contributed by atoms with Crippen LogP contribution in [0.5, 0.6) is 17.2 Å². The van der Waals surface area contributed by atoms with Crippen molar-refractivity contribution >= 4 is 27.5 Å². The number of hydrogen-bond donors (Lipinski definition) is 1. The average molecular weight is 644 g/mol. The molecule has 0 fully saturated rings. The number of para-hydroxylation sites is 1. The van der Waals surface area contributed by atoms with E-state index in [1.54, 1.807) is 68.6 Å². The van der Waals surface area contributed by atoms with Crippen molar-refractivity contribution in [1.29, 1.82) is 0 Å². The molecule has 46 heavy (non-hydrogen) atoms. The van der Waals surface area contributed by atoms with Crippen molar-refractivity contribution in [3.05, 3.63) is 114 Å². The highest BCUT2D eigenvalue weighted by atomic mass is 32.2. The number of carbonyl (C=O) groups is 2. The van der Waals surface area contributed by atoms with Gasteiger partial charge >= 0.3 is 0 Å². The van der Waals surface area contributed by atoms with Gasteiger partial charge in [0.15, 0.2) is 0 Å². The van der Waals surface area contributed by atoms with Gasteiger partial charge in [0.2, 0.25) is 11.8 Å². The normalized spacial score (nSPS) is 11.7. The van der Waals surface area contributed by atoms with Crippen molar-refractivity contribution < 1.29 is 27.5 Å². The van der Waals surface area contributed by atoms with E-state index in [9.17, 15) is 18.0 Å². The number of ether oxygens (including phenoxy) is 2. The number of benzene rings is 4. The van der Waals surface area contributed by atoms with E-state index in [-0.39, 0.29) is 23.0 Å². The molecule has 0 aliphatic heterocycles. The van der Waals surface area contributed by atoms with Gasteiger partial charge < -0.3 is 19.7 Å². The van der Waals surface area contributed by atoms with Gasteiger partial charge in [-0.1, -0.05) is 61.4 Å². The standard InChI is InChI=1S/C36H41N3O6S/c1-5-6-23-37-36(41)28(3)38(25-29-11-10-14-33(24-29)44-4)35(40)26-39(46(42,43)34-21-15-27(2)16-22-34)30-17-19-32(20-18-30)45-31-12-8-7-9-13-31/h7-22,24,28H,5-6,23,25-26H2,1-4H3,(H,37,41). The molecule has 10 heteroatoms. The molecule has 0 aromatic heterocycles. The maximum atomic E-state index is 14.2. The molecule has 1 unspecified atom stereocenters. The molecule has 0 radical (unpaired) electrons. The SMILES string of the molecule is CCCCNC(=O)C(C)N(Cc1cccc(OC)c1)C(=O)CN(c1ccc(Oc2ccccc2)cc1)S(=O)(=O)c1ccc(C)cc1. The first-order valence-corrected chi connectivity index (χ1v) is 16.7. The molecule has 0 spiro atoms. The summed E-state index contributed by atoms with van der Waals surface area (Å²) in [5, 5.41) is 2.90. The van der Waals surface area contributed by atoms with Crippen LogP contribution in [0, 0.1) is 6.92 Å². The van der Waals surface area contributed by atoms with E-state index in [0.717, 1.165) is 28.3 Å². The minimum absolute atomic E-state index is 0.0419. The minimum Gasteiger partial charge on any atom is -0.497 e. The van der Waals surface area contributed by atoms with Gasteiger partial charge in [0.05, 0.1) is 17.7 Å². The van der Waals surface area contributed by atoms with Crippen LogP contribution in [0.15, 0.2) is 108 Å². The van der Waals surface area contributed by atoms with Gasteiger partial charge in [0.25, 0.3) is 10.0 Å². The molecule has 9 nitrogen and oxygen atoms in total. The fourth-order valence-electron chi connectivity index (χ4n) is 4.76. The number of rotatable bonds is 15. The molecule has 0 bridgehead atoms. The second kappa shape index (κ2) is 15.9. The van der Waals surface area contributed by atoms with Gasteiger partial charge in [-0.3, -0.25) is 13.9 Å². The van der Waals surface area contributed by atoms with Crippen LogP contribution in [0.4, 0.5) is 5.69 Å². The summed E-state index contributed by atoms with van der Waals surface area (Å²) in [5.41, 5.74) is 1.91. The van der Waals surface area contributed by atoms with Gasteiger partial charge in [0.1, 0.15) is 29.8 Å². The molecule has 2 amide bonds. The first-order valence-electron chi connectivity index (χ1n) is 15.2. The van der Waals surface area contributed by atoms with E-state index in [2.05, 4.69) is 5.32 Å². The molecule has 1 atom stereocenters. The number of sulfonamides is 1. The van der Waals surface area contributed by atoms with Gasteiger partial charge in [-0.2, -0.15) is 0 Å². The summed E-state index contributed by atoms with van der Waals surface area (Å²) in [5.74, 6) is 0.882. The first-order chi connectivity index (χ1) is 22.1. The van der Waals surface area contributed by atoms with Crippen molar-refractivity contribution in [2.45, 2.75) is 51.1 Å². The number of amides is 2. The van der Waals surface area contributed by atoms with Crippen LogP contribution >= 0.6 is 0 Å². The van der Waals surface area contributed by atoms with E-state index in [4.69, 9.17) is 9.47 Å². The number of carbonyl (C=O) groups excluding carboxylic acids is 2. The summed E-state index contributed by atoms with van der Waals surface area (Å²) in [4.78, 5) is 28.8. The molecule has 1 N–H and O–H groups in total. The molecule has 242 valence electrons. The Kier molecular flexibility index (Phi) is 11.8. The molecule has 0 aliphatic rings. The van der Waals surface area contributed by atoms with Crippen LogP contribution in [0.3, 0.4) is 0 Å². The second-order valence-electron chi connectivity index (χ2n) is 10.9. The van der Waals surface area contributed by atoms with Crippen molar-refractivity contribution in [1.82, 2.24) is 10.2 Å². The van der Waals surface area contributed by atoms with Crippen molar-refractivity contribution in [3.8, 4) is 17.2 Å². The lowest BCUT2D eigenvalue weighted by Gasteiger charge is -2.32. The third-order valence-electron chi connectivity index (χ3n) is 7.48. The van der Waals surface area contributed by atoms with Crippen LogP contribution < -0.4 is 19.1 Å². The van der Waals surface area contributed by atoms with Gasteiger partial charge in [-0.25, -0.2) is 8.42 Å². The maximum absolute atomic E-state index is 14.2. The molecule has 0 saturated carbocycles. The number of anilines is 1. The predicted molar refractivity (Wildman–Crippen MR) is 180 cm³/mol. The highest BCUT2D eigenvalue weighted by Crippen LogP contribution is 2.29. The van der Waals surface area contributed by atoms with Crippen LogP contribution in [0.25, 0.3) is 0 Å². The summed E-state index contributed by atoms with van der Waals surface area (Å²) >= 11 is 0. The number of methoxy groups -OCH3 is 1. The number of aryl methyl sites for hydroxylation is 1. The topological polar surface area (TPSA) is 105 Å². The fraction of sp³-hybridized carbons (Fsp3) is 0.278. The van der Waals surface area contributed by atoms with E-state index in [1.165, 1.54) is 17.0 Å². The molecule has 4 aromatic rings. The smallest absolute Gasteiger partial charge is 0.264 e. The summed E-state index contributed by atoms with van der Waals surface area (Å²) in [6.07, 6.45) is 1.71. The highest BCUT2D eigenvalue weighted by Gasteiger charge is 2.32. The summed E-state index contributed by atoms with van der Waals surface area (Å²) in [7, 11) is -2.64. The van der Waals surface area contributed by atoms with Crippen molar-refractivity contribution in [2.24, 2.45) is 0 Å². The van der Waals surface area contributed by atoms with Crippen molar-refractivity contribution in [2.75, 3.05) is 24.5 Å². The Morgan fingerprint density at radius 2 is 1.50 bits per heavy atom. The zero-order chi connectivity index (χ0) is 33.1. The molecular formula is C36H41N3O6S. The first kappa shape index (κ1) is 34.1. The van der Waals surface area contributed by atoms with Crippen LogP contribution in [-0.2, 0) is 26.2 Å². The van der Waals surface area contributed by atoms with Crippen LogP contribution in [0.2, 0.25) is 0 Å². The van der Waals surface area contributed by atoms with Gasteiger partial charge in [-0.05, 0) is 86.5 Å². The Bertz CT molecular complexity index is 1690. The van der Waals surface area contributed by atoms with Gasteiger partial charge in [-0.15, -0.1) is 0 Å². The third-order valence-corrected chi connectivity index (χ3v) is 9.26. The lowest BCUT2D eigenvalue weighted by molar-refractivity contribution is -0.139. The number of hydrogen-bond acceptors (Lipinski definition) is 6. The molecule has 0 aliphatic carbocycles. The number of nitrogens with zero attached hydrogens (tertiary/aromatic N) is 2. The second-order valence-corrected chi connectivity index (χ2v) is 12.8. The zero-order valence-electron chi connectivity index (χ0n) is 26.7. The zero-order valence-corrected chi connectivity index (χ0v) is 27.5. The minimum atomic E-state index is -4.19. The Morgan fingerprint density at radius 1 is 0.848 bits per heavy atom. The third kappa shape index (κ3) is 8.88. The van der Waals surface area contributed by atoms with Crippen LogP contribution in [-0.4, -0.2) is 51.4 Å². The number of unbranched alkanes of at least 4 members (excludes halogenated alkanes) is 1. The molecule has 0 heterocycles. The summed E-state index contributed by atoms with van der Waals surface area (Å²) in [6, 6.07) is 28.5. The summed E-state index contributed by atoms with van der Waals surface area (Å²) in [6.45, 7) is 5.55. The van der Waals surface area contributed by atoms with E-state index < -0.39 is 28.5 Å². The lowest BCUT2D eigenvalue weighted by Crippen LogP contribution is -2.51.